The summed E-state index contributed by atoms with van der Waals surface area (Å²) >= 11 is 6.08. The molecule has 0 bridgehead atoms. The van der Waals surface area contributed by atoms with E-state index in [9.17, 15) is 18.0 Å². The Bertz CT molecular complexity index is 807. The Morgan fingerprint density at radius 1 is 1.17 bits per heavy atom. The Hall–Kier alpha value is -1.40. The molecule has 12 heteroatoms. The van der Waals surface area contributed by atoms with Gasteiger partial charge in [0.05, 0.1) is 29.5 Å². The van der Waals surface area contributed by atoms with Gasteiger partial charge in [0.1, 0.15) is 10.9 Å². The number of halogens is 2. The standard InChI is InChI=1S/C17H26ClN3O6S.BrH/c1-3-26-16(22)11-9-15(28(20,24)25)14(10-12(11)18)21-8-6-5-7-13(19)17(23)27-4-2;/h9-10,13,21H,3-8,19H2,1-2H3,(H2,20,24,25);1H/t13-;/m0./s1. The molecule has 9 nitrogen and oxygen atoms in total. The Balaban J connectivity index is 0.00000784. The summed E-state index contributed by atoms with van der Waals surface area (Å²) in [6, 6.07) is 1.71. The first-order valence-corrected chi connectivity index (χ1v) is 10.7. The van der Waals surface area contributed by atoms with Gasteiger partial charge in [0.15, 0.2) is 0 Å². The van der Waals surface area contributed by atoms with Crippen molar-refractivity contribution in [3.63, 3.8) is 0 Å². The molecule has 0 unspecified atom stereocenters. The van der Waals surface area contributed by atoms with E-state index in [4.69, 9.17) is 31.9 Å². The number of esters is 2. The highest BCUT2D eigenvalue weighted by Gasteiger charge is 2.21. The van der Waals surface area contributed by atoms with Crippen LogP contribution in [0.5, 0.6) is 0 Å². The summed E-state index contributed by atoms with van der Waals surface area (Å²) in [5, 5.41) is 8.23. The highest BCUT2D eigenvalue weighted by molar-refractivity contribution is 8.93. The molecule has 1 aromatic carbocycles. The first kappa shape index (κ1) is 27.6. The number of rotatable bonds is 11. The number of carbonyl (C=O) groups is 2. The molecule has 0 aliphatic rings. The average Bonchev–Trinajstić information content (AvgIpc) is 2.60. The number of hydrogen-bond acceptors (Lipinski definition) is 8. The molecule has 0 spiro atoms. The molecule has 0 fully saturated rings. The van der Waals surface area contributed by atoms with Crippen LogP contribution >= 0.6 is 28.6 Å². The van der Waals surface area contributed by atoms with Gasteiger partial charge in [-0.25, -0.2) is 18.4 Å². The number of carbonyl (C=O) groups excluding carboxylic acids is 2. The van der Waals surface area contributed by atoms with Gasteiger partial charge in [-0.15, -0.1) is 17.0 Å². The number of anilines is 1. The molecule has 1 rings (SSSR count). The third kappa shape index (κ3) is 8.87. The van der Waals surface area contributed by atoms with Crippen molar-refractivity contribution in [2.45, 2.75) is 44.0 Å². The van der Waals surface area contributed by atoms with Gasteiger partial charge in [0, 0.05) is 6.54 Å². The molecule has 0 aliphatic heterocycles. The fraction of sp³-hybridized carbons (Fsp3) is 0.529. The van der Waals surface area contributed by atoms with Crippen LogP contribution in [-0.4, -0.2) is 46.2 Å². The molecular formula is C17H27BrClN3O6S. The molecule has 0 aliphatic carbocycles. The van der Waals surface area contributed by atoms with E-state index in [1.807, 2.05) is 0 Å². The third-order valence-electron chi connectivity index (χ3n) is 3.72. The van der Waals surface area contributed by atoms with Crippen LogP contribution in [0.2, 0.25) is 5.02 Å². The second-order valence-electron chi connectivity index (χ2n) is 5.87. The quantitative estimate of drug-likeness (QED) is 0.299. The molecule has 1 aromatic rings. The van der Waals surface area contributed by atoms with Crippen molar-refractivity contribution in [2.75, 3.05) is 25.1 Å². The fourth-order valence-corrected chi connectivity index (χ4v) is 3.33. The smallest absolute Gasteiger partial charge is 0.339 e. The zero-order chi connectivity index (χ0) is 21.3. The Morgan fingerprint density at radius 2 is 1.79 bits per heavy atom. The highest BCUT2D eigenvalue weighted by atomic mass is 79.9. The number of sulfonamides is 1. The lowest BCUT2D eigenvalue weighted by atomic mass is 10.1. The molecule has 0 amide bonds. The second kappa shape index (κ2) is 13.0. The first-order valence-electron chi connectivity index (χ1n) is 8.81. The van der Waals surface area contributed by atoms with E-state index in [1.54, 1.807) is 13.8 Å². The minimum Gasteiger partial charge on any atom is -0.465 e. The van der Waals surface area contributed by atoms with E-state index in [0.717, 1.165) is 6.07 Å². The molecular weight excluding hydrogens is 490 g/mol. The maximum Gasteiger partial charge on any atom is 0.339 e. The SMILES string of the molecule is Br.CCOC(=O)c1cc(S(N)(=O)=O)c(NCCCC[C@H](N)C(=O)OCC)cc1Cl. The summed E-state index contributed by atoms with van der Waals surface area (Å²) in [6.45, 7) is 4.10. The summed E-state index contributed by atoms with van der Waals surface area (Å²) in [7, 11) is -4.11. The van der Waals surface area contributed by atoms with E-state index in [-0.39, 0.29) is 51.4 Å². The normalized spacial score (nSPS) is 11.9. The van der Waals surface area contributed by atoms with Gasteiger partial charge < -0.3 is 20.5 Å². The molecule has 29 heavy (non-hydrogen) atoms. The third-order valence-corrected chi connectivity index (χ3v) is 4.98. The summed E-state index contributed by atoms with van der Waals surface area (Å²) in [5.41, 5.74) is 5.81. The van der Waals surface area contributed by atoms with Gasteiger partial charge in [-0.1, -0.05) is 11.6 Å². The van der Waals surface area contributed by atoms with E-state index < -0.39 is 28.0 Å². The van der Waals surface area contributed by atoms with Gasteiger partial charge in [0.25, 0.3) is 0 Å². The van der Waals surface area contributed by atoms with Gasteiger partial charge in [0.2, 0.25) is 10.0 Å². The van der Waals surface area contributed by atoms with Crippen molar-refractivity contribution in [3.8, 4) is 0 Å². The largest absolute Gasteiger partial charge is 0.465 e. The van der Waals surface area contributed by atoms with Crippen LogP contribution in [0, 0.1) is 0 Å². The van der Waals surface area contributed by atoms with E-state index >= 15 is 0 Å². The van der Waals surface area contributed by atoms with Crippen molar-refractivity contribution in [1.82, 2.24) is 0 Å². The van der Waals surface area contributed by atoms with E-state index in [2.05, 4.69) is 5.32 Å². The molecule has 0 heterocycles. The molecule has 5 N–H and O–H groups in total. The minimum absolute atomic E-state index is 0. The molecule has 1 atom stereocenters. The predicted octanol–water partition coefficient (Wildman–Crippen LogP) is 2.21. The Morgan fingerprint density at radius 3 is 2.34 bits per heavy atom. The lowest BCUT2D eigenvalue weighted by Crippen LogP contribution is -2.32. The fourth-order valence-electron chi connectivity index (χ4n) is 2.37. The van der Waals surface area contributed by atoms with Crippen LogP contribution in [0.4, 0.5) is 5.69 Å². The molecule has 0 saturated heterocycles. The van der Waals surface area contributed by atoms with Crippen molar-refractivity contribution in [2.24, 2.45) is 10.9 Å². The number of unbranched alkanes of at least 4 members (excludes halogenated alkanes) is 1. The topological polar surface area (TPSA) is 151 Å². The van der Waals surface area contributed by atoms with Crippen LogP contribution in [-0.2, 0) is 24.3 Å². The van der Waals surface area contributed by atoms with Gasteiger partial charge in [-0.05, 0) is 45.2 Å². The molecule has 0 saturated carbocycles. The number of nitrogens with two attached hydrogens (primary N) is 2. The maximum atomic E-state index is 11.9. The van der Waals surface area contributed by atoms with Crippen LogP contribution in [0.3, 0.4) is 0 Å². The molecule has 0 aromatic heterocycles. The number of nitrogens with one attached hydrogen (secondary N) is 1. The Kier molecular flexibility index (Phi) is 12.4. The number of benzene rings is 1. The maximum absolute atomic E-state index is 11.9. The van der Waals surface area contributed by atoms with Crippen LogP contribution < -0.4 is 16.2 Å². The number of ether oxygens (including phenoxy) is 2. The average molecular weight is 517 g/mol. The number of hydrogen-bond donors (Lipinski definition) is 3. The first-order chi connectivity index (χ1) is 13.1. The van der Waals surface area contributed by atoms with Gasteiger partial charge >= 0.3 is 11.9 Å². The highest BCUT2D eigenvalue weighted by Crippen LogP contribution is 2.29. The summed E-state index contributed by atoms with van der Waals surface area (Å²) in [4.78, 5) is 23.1. The van der Waals surface area contributed by atoms with Crippen LogP contribution in [0.15, 0.2) is 17.0 Å². The number of primary sulfonamides is 1. The lowest BCUT2D eigenvalue weighted by molar-refractivity contribution is -0.144. The zero-order valence-corrected chi connectivity index (χ0v) is 19.6. The zero-order valence-electron chi connectivity index (χ0n) is 16.3. The predicted molar refractivity (Wildman–Crippen MR) is 116 cm³/mol. The van der Waals surface area contributed by atoms with Crippen molar-refractivity contribution in [1.29, 1.82) is 0 Å². The monoisotopic (exact) mass is 515 g/mol. The summed E-state index contributed by atoms with van der Waals surface area (Å²) in [5.74, 6) is -1.19. The van der Waals surface area contributed by atoms with Gasteiger partial charge in [-0.2, -0.15) is 0 Å². The lowest BCUT2D eigenvalue weighted by Gasteiger charge is -2.14. The minimum atomic E-state index is -4.11. The molecule has 0 radical (unpaired) electrons. The van der Waals surface area contributed by atoms with E-state index in [1.165, 1.54) is 6.07 Å². The van der Waals surface area contributed by atoms with E-state index in [0.29, 0.717) is 25.8 Å². The van der Waals surface area contributed by atoms with Crippen molar-refractivity contribution in [3.05, 3.63) is 22.7 Å². The molecule has 166 valence electrons. The summed E-state index contributed by atoms with van der Waals surface area (Å²) < 4.78 is 33.5. The Labute approximate surface area is 186 Å². The van der Waals surface area contributed by atoms with Crippen molar-refractivity contribution < 1.29 is 27.5 Å². The van der Waals surface area contributed by atoms with Crippen molar-refractivity contribution >= 4 is 56.2 Å². The van der Waals surface area contributed by atoms with Crippen LogP contribution in [0.25, 0.3) is 0 Å². The van der Waals surface area contributed by atoms with Crippen LogP contribution in [0.1, 0.15) is 43.5 Å². The second-order valence-corrected chi connectivity index (χ2v) is 7.81. The summed E-state index contributed by atoms with van der Waals surface area (Å²) in [6.07, 6.45) is 1.66. The van der Waals surface area contributed by atoms with Gasteiger partial charge in [-0.3, -0.25) is 4.79 Å².